The first-order valence-corrected chi connectivity index (χ1v) is 10.9. The number of hydrogen-bond donors (Lipinski definition) is 1. The van der Waals surface area contributed by atoms with Crippen molar-refractivity contribution in [3.05, 3.63) is 51.7 Å². The smallest absolute Gasteiger partial charge is 0.255 e. The summed E-state index contributed by atoms with van der Waals surface area (Å²) in [6, 6.07) is 10.6. The highest BCUT2D eigenvalue weighted by molar-refractivity contribution is 7.93. The second-order valence-electron chi connectivity index (χ2n) is 5.14. The summed E-state index contributed by atoms with van der Waals surface area (Å²) >= 11 is 8.58. The van der Waals surface area contributed by atoms with E-state index in [1.54, 1.807) is 18.2 Å². The molecule has 4 nitrogen and oxygen atoms in total. The Labute approximate surface area is 154 Å². The van der Waals surface area contributed by atoms with Crippen LogP contribution in [0.4, 0.5) is 5.13 Å². The number of nitrogens with one attached hydrogen (secondary N) is 1. The molecule has 24 heavy (non-hydrogen) atoms. The lowest BCUT2D eigenvalue weighted by Crippen LogP contribution is -2.12. The fourth-order valence-electron chi connectivity index (χ4n) is 2.18. The van der Waals surface area contributed by atoms with Crippen molar-refractivity contribution in [2.24, 2.45) is 0 Å². The lowest BCUT2D eigenvalue weighted by atomic mass is 10.1. The molecule has 3 aromatic rings. The third-order valence-electron chi connectivity index (χ3n) is 3.32. The van der Waals surface area contributed by atoms with Crippen LogP contribution in [-0.2, 0) is 16.4 Å². The van der Waals surface area contributed by atoms with Crippen LogP contribution in [0, 0.1) is 0 Å². The molecule has 0 fully saturated rings. The molecule has 126 valence electrons. The maximum absolute atomic E-state index is 12.5. The number of thiazole rings is 1. The second kappa shape index (κ2) is 7.23. The van der Waals surface area contributed by atoms with Gasteiger partial charge in [-0.15, -0.1) is 22.7 Å². The molecule has 0 bridgehead atoms. The van der Waals surface area contributed by atoms with E-state index in [0.29, 0.717) is 15.2 Å². The molecule has 3 rings (SSSR count). The fourth-order valence-corrected chi connectivity index (χ4v) is 5.23. The molecule has 0 unspecified atom stereocenters. The Morgan fingerprint density at radius 2 is 1.92 bits per heavy atom. The number of rotatable bonds is 6. The number of hydrogen-bond acceptors (Lipinski definition) is 5. The molecule has 0 saturated carbocycles. The zero-order valence-electron chi connectivity index (χ0n) is 12.8. The number of nitrogens with zero attached hydrogens (tertiary/aromatic N) is 1. The standard InChI is InChI=1S/C16H15ClN2O2S3/c1-2-3-11-4-6-12(7-5-11)24(20,21)19-16-18-13(10-22-16)14-8-9-15(17)23-14/h4-10H,2-3H2,1H3,(H,18,19). The van der Waals surface area contributed by atoms with Crippen LogP contribution < -0.4 is 4.72 Å². The number of aryl methyl sites for hydroxylation is 1. The highest BCUT2D eigenvalue weighted by Crippen LogP contribution is 2.33. The maximum Gasteiger partial charge on any atom is 0.263 e. The van der Waals surface area contributed by atoms with Crippen molar-refractivity contribution in [2.45, 2.75) is 24.7 Å². The van der Waals surface area contributed by atoms with Gasteiger partial charge < -0.3 is 0 Å². The summed E-state index contributed by atoms with van der Waals surface area (Å²) in [5.74, 6) is 0. The van der Waals surface area contributed by atoms with Gasteiger partial charge in [0.25, 0.3) is 10.0 Å². The lowest BCUT2D eigenvalue weighted by molar-refractivity contribution is 0.601. The average Bonchev–Trinajstić information content (AvgIpc) is 3.17. The first kappa shape index (κ1) is 17.4. The zero-order valence-corrected chi connectivity index (χ0v) is 16.0. The van der Waals surface area contributed by atoms with Crippen molar-refractivity contribution in [1.82, 2.24) is 4.98 Å². The summed E-state index contributed by atoms with van der Waals surface area (Å²) in [7, 11) is -3.63. The topological polar surface area (TPSA) is 59.1 Å². The van der Waals surface area contributed by atoms with Crippen molar-refractivity contribution >= 4 is 49.4 Å². The van der Waals surface area contributed by atoms with E-state index >= 15 is 0 Å². The van der Waals surface area contributed by atoms with Crippen LogP contribution in [-0.4, -0.2) is 13.4 Å². The number of thiophene rings is 1. The maximum atomic E-state index is 12.5. The minimum Gasteiger partial charge on any atom is -0.255 e. The number of sulfonamides is 1. The van der Waals surface area contributed by atoms with Crippen LogP contribution in [0.1, 0.15) is 18.9 Å². The molecule has 8 heteroatoms. The molecule has 0 aliphatic heterocycles. The normalized spacial score (nSPS) is 11.6. The summed E-state index contributed by atoms with van der Waals surface area (Å²) < 4.78 is 28.1. The van der Waals surface area contributed by atoms with Gasteiger partial charge in [0.05, 0.1) is 19.8 Å². The Kier molecular flexibility index (Phi) is 5.24. The molecule has 0 spiro atoms. The van der Waals surface area contributed by atoms with Crippen LogP contribution >= 0.6 is 34.3 Å². The number of benzene rings is 1. The highest BCUT2D eigenvalue weighted by atomic mass is 35.5. The third kappa shape index (κ3) is 3.97. The Bertz CT molecular complexity index is 930. The van der Waals surface area contributed by atoms with Gasteiger partial charge in [-0.1, -0.05) is 37.1 Å². The monoisotopic (exact) mass is 398 g/mol. The van der Waals surface area contributed by atoms with Gasteiger partial charge in [0.15, 0.2) is 5.13 Å². The number of anilines is 1. The van der Waals surface area contributed by atoms with Crippen molar-refractivity contribution in [3.63, 3.8) is 0 Å². The minimum absolute atomic E-state index is 0.235. The highest BCUT2D eigenvalue weighted by Gasteiger charge is 2.17. The Morgan fingerprint density at radius 1 is 1.17 bits per heavy atom. The molecule has 0 amide bonds. The summed E-state index contributed by atoms with van der Waals surface area (Å²) in [5.41, 5.74) is 1.84. The van der Waals surface area contributed by atoms with Gasteiger partial charge >= 0.3 is 0 Å². The van der Waals surface area contributed by atoms with Crippen LogP contribution in [0.25, 0.3) is 10.6 Å². The second-order valence-corrected chi connectivity index (χ2v) is 9.40. The molecule has 2 aromatic heterocycles. The molecule has 1 aromatic carbocycles. The van der Waals surface area contributed by atoms with Crippen LogP contribution in [0.15, 0.2) is 46.7 Å². The van der Waals surface area contributed by atoms with Crippen molar-refractivity contribution < 1.29 is 8.42 Å². The molecule has 0 aliphatic rings. The van der Waals surface area contributed by atoms with Crippen molar-refractivity contribution in [2.75, 3.05) is 4.72 Å². The lowest BCUT2D eigenvalue weighted by Gasteiger charge is -2.06. The largest absolute Gasteiger partial charge is 0.263 e. The summed E-state index contributed by atoms with van der Waals surface area (Å²) in [6.07, 6.45) is 1.96. The minimum atomic E-state index is -3.63. The summed E-state index contributed by atoms with van der Waals surface area (Å²) in [4.78, 5) is 5.47. The quantitative estimate of drug-likeness (QED) is 0.614. The van der Waals surface area contributed by atoms with Crippen molar-refractivity contribution in [3.8, 4) is 10.6 Å². The Balaban J connectivity index is 1.78. The Hall–Kier alpha value is -1.41. The van der Waals surface area contributed by atoms with Gasteiger partial charge in [0.2, 0.25) is 0 Å². The van der Waals surface area contributed by atoms with Crippen LogP contribution in [0.2, 0.25) is 4.34 Å². The molecular weight excluding hydrogens is 384 g/mol. The molecule has 0 atom stereocenters. The molecule has 0 radical (unpaired) electrons. The molecule has 0 saturated heterocycles. The third-order valence-corrected chi connectivity index (χ3v) is 6.82. The number of aromatic nitrogens is 1. The van der Waals surface area contributed by atoms with Crippen LogP contribution in [0.3, 0.4) is 0 Å². The number of halogens is 1. The van der Waals surface area contributed by atoms with E-state index in [9.17, 15) is 8.42 Å². The van der Waals surface area contributed by atoms with Gasteiger partial charge in [-0.25, -0.2) is 13.4 Å². The fraction of sp³-hybridized carbons (Fsp3) is 0.188. The van der Waals surface area contributed by atoms with E-state index in [0.717, 1.165) is 23.3 Å². The average molecular weight is 399 g/mol. The predicted octanol–water partition coefficient (Wildman–Crippen LogP) is 5.28. The molecular formula is C16H15ClN2O2S3. The van der Waals surface area contributed by atoms with E-state index in [4.69, 9.17) is 11.6 Å². The molecule has 1 N–H and O–H groups in total. The van der Waals surface area contributed by atoms with E-state index in [-0.39, 0.29) is 4.90 Å². The Morgan fingerprint density at radius 3 is 2.54 bits per heavy atom. The molecule has 0 aliphatic carbocycles. The van der Waals surface area contributed by atoms with Gasteiger partial charge in [-0.05, 0) is 36.2 Å². The van der Waals surface area contributed by atoms with E-state index < -0.39 is 10.0 Å². The van der Waals surface area contributed by atoms with Gasteiger partial charge in [0.1, 0.15) is 0 Å². The van der Waals surface area contributed by atoms with E-state index in [1.807, 2.05) is 23.6 Å². The molecule has 2 heterocycles. The SMILES string of the molecule is CCCc1ccc(S(=O)(=O)Nc2nc(-c3ccc(Cl)s3)cs2)cc1. The first-order valence-electron chi connectivity index (χ1n) is 7.31. The first-order chi connectivity index (χ1) is 11.5. The van der Waals surface area contributed by atoms with E-state index in [2.05, 4.69) is 16.6 Å². The zero-order chi connectivity index (χ0) is 17.2. The van der Waals surface area contributed by atoms with Crippen LogP contribution in [0.5, 0.6) is 0 Å². The van der Waals surface area contributed by atoms with E-state index in [1.165, 1.54) is 22.7 Å². The summed E-state index contributed by atoms with van der Waals surface area (Å²) in [5, 5.41) is 2.15. The predicted molar refractivity (Wildman–Crippen MR) is 102 cm³/mol. The van der Waals surface area contributed by atoms with Gasteiger partial charge in [-0.3, -0.25) is 4.72 Å². The van der Waals surface area contributed by atoms with Gasteiger partial charge in [-0.2, -0.15) is 0 Å². The summed E-state index contributed by atoms with van der Waals surface area (Å²) in [6.45, 7) is 2.09. The van der Waals surface area contributed by atoms with Crippen molar-refractivity contribution in [1.29, 1.82) is 0 Å². The van der Waals surface area contributed by atoms with Gasteiger partial charge in [0, 0.05) is 5.38 Å².